The molecule has 2 aliphatic rings. The molecule has 0 fully saturated rings. The van der Waals surface area contributed by atoms with Gasteiger partial charge >= 0.3 is 29.8 Å². The maximum absolute atomic E-state index is 12.9. The topological polar surface area (TPSA) is 175 Å². The molecular formula is C53H64O13. The molecule has 2 aliphatic heterocycles. The van der Waals surface area contributed by atoms with Crippen LogP contribution in [-0.4, -0.2) is 48.2 Å². The molecule has 0 saturated carbocycles. The second-order valence-electron chi connectivity index (χ2n) is 17.9. The van der Waals surface area contributed by atoms with E-state index in [0.717, 1.165) is 38.5 Å². The summed E-state index contributed by atoms with van der Waals surface area (Å²) in [5.41, 5.74) is 0.708. The van der Waals surface area contributed by atoms with Crippen LogP contribution in [0.3, 0.4) is 0 Å². The predicted octanol–water partition coefficient (Wildman–Crippen LogP) is 10.9. The molecule has 5 rings (SSSR count). The number of Topliss-reactive ketones (excluding diaryl/α,β-unsaturated/α-hetero) is 2. The third kappa shape index (κ3) is 12.1. The van der Waals surface area contributed by atoms with Crippen LogP contribution in [0.5, 0.6) is 23.0 Å². The summed E-state index contributed by atoms with van der Waals surface area (Å²) in [5.74, 6) is -1.63. The van der Waals surface area contributed by atoms with E-state index in [2.05, 4.69) is 13.2 Å². The number of rotatable bonds is 20. The lowest BCUT2D eigenvalue weighted by molar-refractivity contribution is -0.172. The molecule has 0 saturated heterocycles. The molecule has 4 atom stereocenters. The molecule has 3 aromatic carbocycles. The first kappa shape index (κ1) is 52.3. The maximum atomic E-state index is 12.9. The maximum Gasteiger partial charge on any atom is 0.340 e. The predicted molar refractivity (Wildman–Crippen MR) is 247 cm³/mol. The highest BCUT2D eigenvalue weighted by Crippen LogP contribution is 2.57. The fraction of sp³-hybridized carbons (Fsp3) is 0.453. The monoisotopic (exact) mass is 908 g/mol. The van der Waals surface area contributed by atoms with Crippen molar-refractivity contribution in [3.8, 4) is 23.0 Å². The van der Waals surface area contributed by atoms with Crippen LogP contribution in [0.1, 0.15) is 148 Å². The van der Waals surface area contributed by atoms with E-state index in [1.54, 1.807) is 90.1 Å². The van der Waals surface area contributed by atoms with E-state index in [1.807, 2.05) is 39.8 Å². The van der Waals surface area contributed by atoms with Crippen LogP contribution in [0.4, 0.5) is 0 Å². The van der Waals surface area contributed by atoms with E-state index in [1.165, 1.54) is 0 Å². The summed E-state index contributed by atoms with van der Waals surface area (Å²) >= 11 is 0. The van der Waals surface area contributed by atoms with Crippen LogP contribution >= 0.6 is 0 Å². The van der Waals surface area contributed by atoms with E-state index in [0.29, 0.717) is 46.6 Å². The van der Waals surface area contributed by atoms with Gasteiger partial charge in [0.1, 0.15) is 34.6 Å². The number of esters is 5. The Kier molecular flexibility index (Phi) is 17.6. The number of carbonyl (C=O) groups is 7. The Morgan fingerprint density at radius 1 is 0.652 bits per heavy atom. The first-order chi connectivity index (χ1) is 31.0. The SMILES string of the molecule is C=C(C)C(=O)Oc1ccc2c(c1)Oc1cc(OC(=O)C(=C)C)ccc1C21OC(=O)c2ccccc21.CCC(C)(CCCC(C)C(=O)OCOC(=O)C(C)CCCC(C)(CC)C(C)=O)C(C)=O. The lowest BCUT2D eigenvalue weighted by atomic mass is 9.77. The zero-order chi connectivity index (χ0) is 49.1. The highest BCUT2D eigenvalue weighted by Gasteiger charge is 2.53. The normalized spacial score (nSPS) is 15.5. The molecule has 1 spiro atoms. The van der Waals surface area contributed by atoms with Crippen LogP contribution in [0.25, 0.3) is 0 Å². The van der Waals surface area contributed by atoms with Crippen molar-refractivity contribution in [2.75, 3.05) is 6.79 Å². The number of hydrogen-bond acceptors (Lipinski definition) is 13. The van der Waals surface area contributed by atoms with Crippen molar-refractivity contribution in [3.63, 3.8) is 0 Å². The standard InChI is InChI=1S/C28H20O7.C25H44O6/c1-15(2)25(29)32-17-9-11-21-23(13-17)34-24-14-18(33-26(30)16(3)4)10-12-22(24)28(21)20-8-6-5-7-19(20)27(31)35-28;1-9-24(7,20(5)26)15-11-13-18(3)22(28)30-17-31-23(29)19(4)14-12-16-25(8,10-2)21(6)27/h5-14H,1,3H2,2,4H3;18-19H,9-17H2,1-8H3. The zero-order valence-electron chi connectivity index (χ0n) is 40.0. The molecule has 13 heteroatoms. The number of ketones is 2. The minimum absolute atomic E-state index is 0.173. The van der Waals surface area contributed by atoms with Gasteiger partial charge in [-0.3, -0.25) is 19.2 Å². The van der Waals surface area contributed by atoms with E-state index >= 15 is 0 Å². The fourth-order valence-corrected chi connectivity index (χ4v) is 7.62. The Bertz CT molecular complexity index is 2250. The van der Waals surface area contributed by atoms with E-state index in [4.69, 9.17) is 28.4 Å². The van der Waals surface area contributed by atoms with Gasteiger partial charge in [0.2, 0.25) is 6.79 Å². The van der Waals surface area contributed by atoms with E-state index in [9.17, 15) is 33.6 Å². The Hall–Kier alpha value is -6.37. The van der Waals surface area contributed by atoms with Crippen molar-refractivity contribution in [2.45, 2.75) is 126 Å². The van der Waals surface area contributed by atoms with Crippen LogP contribution in [-0.2, 0) is 48.6 Å². The first-order valence-corrected chi connectivity index (χ1v) is 22.4. The summed E-state index contributed by atoms with van der Waals surface area (Å²) in [6.07, 6.45) is 5.80. The highest BCUT2D eigenvalue weighted by atomic mass is 16.7. The molecular weight excluding hydrogens is 845 g/mol. The summed E-state index contributed by atoms with van der Waals surface area (Å²) in [6, 6.07) is 16.8. The van der Waals surface area contributed by atoms with E-state index in [-0.39, 0.29) is 63.7 Å². The summed E-state index contributed by atoms with van der Waals surface area (Å²) in [7, 11) is 0. The molecule has 3 aromatic rings. The molecule has 0 N–H and O–H groups in total. The van der Waals surface area contributed by atoms with Crippen molar-refractivity contribution < 1.29 is 62.0 Å². The molecule has 2 heterocycles. The minimum Gasteiger partial charge on any atom is -0.456 e. The van der Waals surface area contributed by atoms with Crippen LogP contribution in [0.2, 0.25) is 0 Å². The summed E-state index contributed by atoms with van der Waals surface area (Å²) < 4.78 is 33.2. The summed E-state index contributed by atoms with van der Waals surface area (Å²) in [6.45, 7) is 24.6. The molecule has 0 bridgehead atoms. The largest absolute Gasteiger partial charge is 0.456 e. The zero-order valence-corrected chi connectivity index (χ0v) is 40.0. The minimum atomic E-state index is -1.30. The van der Waals surface area contributed by atoms with Gasteiger partial charge < -0.3 is 28.4 Å². The Balaban J connectivity index is 0.000000292. The number of carbonyl (C=O) groups excluding carboxylic acids is 7. The molecule has 66 heavy (non-hydrogen) atoms. The van der Waals surface area contributed by atoms with Crippen molar-refractivity contribution in [1.82, 2.24) is 0 Å². The van der Waals surface area contributed by atoms with Gasteiger partial charge in [-0.05, 0) is 96.6 Å². The first-order valence-electron chi connectivity index (χ1n) is 22.4. The molecule has 13 nitrogen and oxygen atoms in total. The molecule has 0 radical (unpaired) electrons. The summed E-state index contributed by atoms with van der Waals surface area (Å²) in [5, 5.41) is 0. The Morgan fingerprint density at radius 3 is 1.47 bits per heavy atom. The fourth-order valence-electron chi connectivity index (χ4n) is 7.62. The third-order valence-electron chi connectivity index (χ3n) is 13.0. The van der Waals surface area contributed by atoms with Gasteiger partial charge in [-0.15, -0.1) is 0 Å². The average molecular weight is 909 g/mol. The van der Waals surface area contributed by atoms with E-state index < -0.39 is 35.4 Å². The third-order valence-corrected chi connectivity index (χ3v) is 13.0. The number of ether oxygens (including phenoxy) is 6. The second kappa shape index (κ2) is 22.2. The van der Waals surface area contributed by atoms with Crippen LogP contribution < -0.4 is 14.2 Å². The van der Waals surface area contributed by atoms with Crippen LogP contribution in [0.15, 0.2) is 85.0 Å². The molecule has 4 unspecified atom stereocenters. The quantitative estimate of drug-likeness (QED) is 0.0454. The van der Waals surface area contributed by atoms with Gasteiger partial charge in [-0.2, -0.15) is 0 Å². The van der Waals surface area contributed by atoms with Crippen molar-refractivity contribution in [1.29, 1.82) is 0 Å². The number of hydrogen-bond donors (Lipinski definition) is 0. The molecule has 354 valence electrons. The van der Waals surface area contributed by atoms with Gasteiger partial charge in [0.05, 0.1) is 17.4 Å². The Morgan fingerprint density at radius 2 is 1.08 bits per heavy atom. The smallest absolute Gasteiger partial charge is 0.340 e. The van der Waals surface area contributed by atoms with Gasteiger partial charge in [0.25, 0.3) is 0 Å². The lowest BCUT2D eigenvalue weighted by Crippen LogP contribution is -2.33. The van der Waals surface area contributed by atoms with Gasteiger partial charge in [-0.1, -0.05) is 85.7 Å². The number of fused-ring (bicyclic) bond motifs is 6. The lowest BCUT2D eigenvalue weighted by Gasteiger charge is -2.36. The van der Waals surface area contributed by atoms with Crippen molar-refractivity contribution >= 4 is 41.4 Å². The number of benzene rings is 3. The van der Waals surface area contributed by atoms with Crippen molar-refractivity contribution in [3.05, 3.63) is 107 Å². The Labute approximate surface area is 388 Å². The van der Waals surface area contributed by atoms with Crippen molar-refractivity contribution in [2.24, 2.45) is 22.7 Å². The van der Waals surface area contributed by atoms with Gasteiger partial charge in [0, 0.05) is 50.8 Å². The molecule has 0 aromatic heterocycles. The molecule has 0 amide bonds. The second-order valence-corrected chi connectivity index (χ2v) is 17.9. The summed E-state index contributed by atoms with van der Waals surface area (Å²) in [4.78, 5) is 84.8. The molecule has 0 aliphatic carbocycles. The van der Waals surface area contributed by atoms with Gasteiger partial charge in [0.15, 0.2) is 5.60 Å². The van der Waals surface area contributed by atoms with Gasteiger partial charge in [-0.25, -0.2) is 14.4 Å². The highest BCUT2D eigenvalue weighted by molar-refractivity contribution is 5.97. The van der Waals surface area contributed by atoms with Crippen LogP contribution in [0, 0.1) is 22.7 Å². The average Bonchev–Trinajstić information content (AvgIpc) is 3.57.